The number of unbranched alkanes of at least 4 members (excludes halogenated alkanes) is 4. The molecule has 6 heteroatoms. The largest absolute Gasteiger partial charge is 0.317 e. The molecule has 0 atom stereocenters. The third-order valence-electron chi connectivity index (χ3n) is 3.10. The van der Waals surface area contributed by atoms with Gasteiger partial charge in [0.2, 0.25) is 0 Å². The zero-order valence-electron chi connectivity index (χ0n) is 13.9. The summed E-state index contributed by atoms with van der Waals surface area (Å²) in [7, 11) is 0. The van der Waals surface area contributed by atoms with Gasteiger partial charge < -0.3 is 16.0 Å². The van der Waals surface area contributed by atoms with Crippen LogP contribution in [0.1, 0.15) is 58.8 Å². The Morgan fingerprint density at radius 3 is 1.14 bits per heavy atom. The van der Waals surface area contributed by atoms with E-state index in [0.29, 0.717) is 0 Å². The fourth-order valence-corrected chi connectivity index (χ4v) is 1.89. The Labute approximate surface area is 151 Å². The highest BCUT2D eigenvalue weighted by Gasteiger charge is 1.90. The molecule has 0 aromatic carbocycles. The Morgan fingerprint density at radius 2 is 0.762 bits per heavy atom. The maximum Gasteiger partial charge on any atom is 0.00767 e. The van der Waals surface area contributed by atoms with E-state index >= 15 is 0 Å². The molecule has 0 rings (SSSR count). The molecule has 0 radical (unpaired) electrons. The van der Waals surface area contributed by atoms with Gasteiger partial charge in [0.15, 0.2) is 0 Å². The minimum atomic E-state index is 0. The van der Waals surface area contributed by atoms with Gasteiger partial charge >= 0.3 is 0 Å². The zero-order valence-corrected chi connectivity index (χ0v) is 16.4. The molecule has 0 aromatic rings. The quantitative estimate of drug-likeness (QED) is 0.386. The molecular formula is C15H38Cl3N3. The predicted octanol–water partition coefficient (Wildman–Crippen LogP) is 3.79. The Balaban J connectivity index is -0.000000482. The normalized spacial score (nSPS) is 9.43. The van der Waals surface area contributed by atoms with Gasteiger partial charge in [0.25, 0.3) is 0 Å². The SMILES string of the molecule is CCCCCNCCCNCCNCCCCC.Cl.Cl.Cl. The van der Waals surface area contributed by atoms with Crippen LogP contribution in [0.15, 0.2) is 0 Å². The van der Waals surface area contributed by atoms with E-state index in [0.717, 1.165) is 26.2 Å². The summed E-state index contributed by atoms with van der Waals surface area (Å²) in [5, 5.41) is 10.4. The van der Waals surface area contributed by atoms with Crippen molar-refractivity contribution in [3.8, 4) is 0 Å². The molecule has 0 amide bonds. The summed E-state index contributed by atoms with van der Waals surface area (Å²) in [6.07, 6.45) is 9.21. The molecule has 0 aromatic heterocycles. The molecule has 0 unspecified atom stereocenters. The van der Waals surface area contributed by atoms with E-state index in [1.54, 1.807) is 0 Å². The van der Waals surface area contributed by atoms with Gasteiger partial charge in [-0.25, -0.2) is 0 Å². The summed E-state index contributed by atoms with van der Waals surface area (Å²) >= 11 is 0. The lowest BCUT2D eigenvalue weighted by molar-refractivity contribution is 0.552. The average molecular weight is 367 g/mol. The summed E-state index contributed by atoms with van der Waals surface area (Å²) in [5.74, 6) is 0. The van der Waals surface area contributed by atoms with Crippen molar-refractivity contribution in [1.29, 1.82) is 0 Å². The van der Waals surface area contributed by atoms with Gasteiger partial charge in [0, 0.05) is 13.1 Å². The maximum absolute atomic E-state index is 3.49. The van der Waals surface area contributed by atoms with Crippen LogP contribution in [0, 0.1) is 0 Å². The molecule has 0 saturated heterocycles. The van der Waals surface area contributed by atoms with Gasteiger partial charge in [-0.2, -0.15) is 0 Å². The van der Waals surface area contributed by atoms with E-state index in [9.17, 15) is 0 Å². The van der Waals surface area contributed by atoms with E-state index in [2.05, 4.69) is 29.8 Å². The van der Waals surface area contributed by atoms with Crippen LogP contribution >= 0.6 is 37.2 Å². The molecule has 0 heterocycles. The highest BCUT2D eigenvalue weighted by molar-refractivity contribution is 5.86. The lowest BCUT2D eigenvalue weighted by Gasteiger charge is -2.07. The number of hydrogen-bond donors (Lipinski definition) is 3. The Kier molecular flexibility index (Phi) is 40.8. The van der Waals surface area contributed by atoms with Gasteiger partial charge in [-0.3, -0.25) is 0 Å². The summed E-state index contributed by atoms with van der Waals surface area (Å²) in [6, 6.07) is 0. The van der Waals surface area contributed by atoms with Crippen LogP contribution in [0.2, 0.25) is 0 Å². The van der Waals surface area contributed by atoms with E-state index in [1.165, 1.54) is 58.0 Å². The number of halogens is 3. The van der Waals surface area contributed by atoms with Crippen LogP contribution in [0.5, 0.6) is 0 Å². The number of rotatable bonds is 15. The molecule has 0 aliphatic carbocycles. The molecule has 0 aliphatic heterocycles. The second-order valence-corrected chi connectivity index (χ2v) is 5.02. The van der Waals surface area contributed by atoms with E-state index in [1.807, 2.05) is 0 Å². The second-order valence-electron chi connectivity index (χ2n) is 5.02. The van der Waals surface area contributed by atoms with Crippen molar-refractivity contribution in [2.75, 3.05) is 39.3 Å². The van der Waals surface area contributed by atoms with Crippen molar-refractivity contribution >= 4 is 37.2 Å². The standard InChI is InChI=1S/C15H35N3.3ClH/c1-3-5-7-10-16-12-9-13-18-15-14-17-11-8-6-4-2;;;/h16-18H,3-15H2,1-2H3;3*1H. The molecule has 0 aliphatic rings. The summed E-state index contributed by atoms with van der Waals surface area (Å²) in [5.41, 5.74) is 0. The van der Waals surface area contributed by atoms with Crippen molar-refractivity contribution in [3.05, 3.63) is 0 Å². The average Bonchev–Trinajstić information content (AvgIpc) is 2.39. The van der Waals surface area contributed by atoms with Crippen molar-refractivity contribution < 1.29 is 0 Å². The monoisotopic (exact) mass is 365 g/mol. The lowest BCUT2D eigenvalue weighted by atomic mass is 10.2. The first-order valence-corrected chi connectivity index (χ1v) is 8.04. The van der Waals surface area contributed by atoms with Gasteiger partial charge in [-0.15, -0.1) is 37.2 Å². The topological polar surface area (TPSA) is 36.1 Å². The molecule has 21 heavy (non-hydrogen) atoms. The summed E-state index contributed by atoms with van der Waals surface area (Å²) in [4.78, 5) is 0. The highest BCUT2D eigenvalue weighted by atomic mass is 35.5. The Morgan fingerprint density at radius 1 is 0.429 bits per heavy atom. The van der Waals surface area contributed by atoms with Crippen molar-refractivity contribution in [3.63, 3.8) is 0 Å². The van der Waals surface area contributed by atoms with Crippen LogP contribution in [0.3, 0.4) is 0 Å². The zero-order chi connectivity index (χ0) is 13.3. The first-order valence-electron chi connectivity index (χ1n) is 8.04. The highest BCUT2D eigenvalue weighted by Crippen LogP contribution is 1.91. The summed E-state index contributed by atoms with van der Waals surface area (Å²) in [6.45, 7) is 11.4. The second kappa shape index (κ2) is 28.8. The van der Waals surface area contributed by atoms with E-state index < -0.39 is 0 Å². The van der Waals surface area contributed by atoms with Gasteiger partial charge in [-0.1, -0.05) is 39.5 Å². The third-order valence-corrected chi connectivity index (χ3v) is 3.10. The molecule has 0 bridgehead atoms. The molecular weight excluding hydrogens is 329 g/mol. The van der Waals surface area contributed by atoms with Crippen LogP contribution in [-0.2, 0) is 0 Å². The Bertz CT molecular complexity index is 136. The summed E-state index contributed by atoms with van der Waals surface area (Å²) < 4.78 is 0. The van der Waals surface area contributed by atoms with Crippen molar-refractivity contribution in [2.24, 2.45) is 0 Å². The van der Waals surface area contributed by atoms with Crippen LogP contribution in [0.4, 0.5) is 0 Å². The fraction of sp³-hybridized carbons (Fsp3) is 1.00. The molecule has 3 N–H and O–H groups in total. The van der Waals surface area contributed by atoms with Gasteiger partial charge in [-0.05, 0) is 45.4 Å². The predicted molar refractivity (Wildman–Crippen MR) is 104 cm³/mol. The number of hydrogen-bond acceptors (Lipinski definition) is 3. The Hall–Kier alpha value is 0.750. The molecule has 0 fully saturated rings. The van der Waals surface area contributed by atoms with Crippen molar-refractivity contribution in [1.82, 2.24) is 16.0 Å². The van der Waals surface area contributed by atoms with Gasteiger partial charge in [0.05, 0.1) is 0 Å². The maximum atomic E-state index is 3.49. The van der Waals surface area contributed by atoms with E-state index in [-0.39, 0.29) is 37.2 Å². The first kappa shape index (κ1) is 29.7. The molecule has 134 valence electrons. The number of nitrogens with one attached hydrogen (secondary N) is 3. The lowest BCUT2D eigenvalue weighted by Crippen LogP contribution is -2.30. The molecule has 0 saturated carbocycles. The molecule has 3 nitrogen and oxygen atoms in total. The third kappa shape index (κ3) is 29.4. The minimum absolute atomic E-state index is 0. The van der Waals surface area contributed by atoms with Crippen LogP contribution < -0.4 is 16.0 Å². The smallest absolute Gasteiger partial charge is 0.00767 e. The first-order chi connectivity index (χ1) is 8.91. The van der Waals surface area contributed by atoms with Gasteiger partial charge in [0.1, 0.15) is 0 Å². The fourth-order valence-electron chi connectivity index (χ4n) is 1.89. The molecule has 0 spiro atoms. The van der Waals surface area contributed by atoms with Crippen LogP contribution in [0.25, 0.3) is 0 Å². The minimum Gasteiger partial charge on any atom is -0.317 e. The van der Waals surface area contributed by atoms with Crippen LogP contribution in [-0.4, -0.2) is 39.3 Å². The van der Waals surface area contributed by atoms with E-state index in [4.69, 9.17) is 0 Å². The van der Waals surface area contributed by atoms with Crippen molar-refractivity contribution in [2.45, 2.75) is 58.8 Å².